The van der Waals surface area contributed by atoms with Gasteiger partial charge in [-0.1, -0.05) is 18.2 Å². The fourth-order valence-corrected chi connectivity index (χ4v) is 2.65. The summed E-state index contributed by atoms with van der Waals surface area (Å²) >= 11 is 1.74. The predicted molar refractivity (Wildman–Crippen MR) is 79.9 cm³/mol. The van der Waals surface area contributed by atoms with Gasteiger partial charge in [0.05, 0.1) is 12.7 Å². The van der Waals surface area contributed by atoms with Gasteiger partial charge in [-0.25, -0.2) is 0 Å². The van der Waals surface area contributed by atoms with Crippen molar-refractivity contribution in [3.05, 3.63) is 52.2 Å². The van der Waals surface area contributed by atoms with Crippen molar-refractivity contribution >= 4 is 11.3 Å². The first-order valence-corrected chi connectivity index (χ1v) is 7.52. The number of thiophene rings is 1. The third-order valence-electron chi connectivity index (χ3n) is 3.01. The lowest BCUT2D eigenvalue weighted by molar-refractivity contribution is 0.131. The summed E-state index contributed by atoms with van der Waals surface area (Å²) in [4.78, 5) is 1.33. The summed E-state index contributed by atoms with van der Waals surface area (Å²) in [6.45, 7) is 2.61. The number of ether oxygens (including phenoxy) is 1. The molecule has 3 heteroatoms. The van der Waals surface area contributed by atoms with Crippen molar-refractivity contribution in [2.24, 2.45) is 0 Å². The third kappa shape index (κ3) is 5.05. The van der Waals surface area contributed by atoms with Crippen molar-refractivity contribution in [1.29, 1.82) is 0 Å². The van der Waals surface area contributed by atoms with Crippen molar-refractivity contribution < 1.29 is 9.84 Å². The van der Waals surface area contributed by atoms with Crippen LogP contribution in [0.25, 0.3) is 0 Å². The minimum Gasteiger partial charge on any atom is -0.493 e. The maximum absolute atomic E-state index is 9.91. The topological polar surface area (TPSA) is 29.5 Å². The molecule has 1 aromatic carbocycles. The van der Waals surface area contributed by atoms with Crippen LogP contribution in [0.3, 0.4) is 0 Å². The first-order chi connectivity index (χ1) is 9.24. The van der Waals surface area contributed by atoms with Gasteiger partial charge in [0.15, 0.2) is 0 Å². The van der Waals surface area contributed by atoms with Crippen molar-refractivity contribution in [2.75, 3.05) is 6.61 Å². The van der Waals surface area contributed by atoms with Gasteiger partial charge in [0.1, 0.15) is 5.75 Å². The van der Waals surface area contributed by atoms with Gasteiger partial charge < -0.3 is 9.84 Å². The number of aryl methyl sites for hydroxylation is 2. The second-order valence-electron chi connectivity index (χ2n) is 4.73. The minimum absolute atomic E-state index is 0.285. The second kappa shape index (κ2) is 7.31. The highest BCUT2D eigenvalue weighted by atomic mass is 32.1. The molecule has 0 saturated heterocycles. The van der Waals surface area contributed by atoms with E-state index in [1.807, 2.05) is 37.3 Å². The lowest BCUT2D eigenvalue weighted by atomic mass is 10.1. The van der Waals surface area contributed by atoms with Gasteiger partial charge in [-0.2, -0.15) is 0 Å². The van der Waals surface area contributed by atoms with Crippen molar-refractivity contribution in [1.82, 2.24) is 0 Å². The summed E-state index contributed by atoms with van der Waals surface area (Å²) < 4.78 is 5.64. The molecule has 0 bridgehead atoms. The van der Waals surface area contributed by atoms with Gasteiger partial charge in [0.25, 0.3) is 0 Å². The van der Waals surface area contributed by atoms with E-state index in [-0.39, 0.29) is 6.10 Å². The predicted octanol–water partition coefficient (Wildman–Crippen LogP) is 3.82. The average molecular weight is 276 g/mol. The zero-order valence-corrected chi connectivity index (χ0v) is 12.0. The molecule has 2 nitrogen and oxygen atoms in total. The minimum atomic E-state index is -0.285. The van der Waals surface area contributed by atoms with Gasteiger partial charge in [-0.3, -0.25) is 0 Å². The maximum Gasteiger partial charge on any atom is 0.119 e. The second-order valence-corrected chi connectivity index (χ2v) is 5.76. The maximum atomic E-state index is 9.91. The lowest BCUT2D eigenvalue weighted by Gasteiger charge is -2.11. The SMILES string of the molecule is Cc1cccc(OCCC(O)CCc2cccs2)c1. The third-order valence-corrected chi connectivity index (χ3v) is 3.95. The van der Waals surface area contributed by atoms with Crippen LogP contribution >= 0.6 is 11.3 Å². The molecule has 0 aliphatic heterocycles. The molecule has 0 aliphatic carbocycles. The summed E-state index contributed by atoms with van der Waals surface area (Å²) in [5, 5.41) is 12.0. The summed E-state index contributed by atoms with van der Waals surface area (Å²) in [6, 6.07) is 12.2. The van der Waals surface area contributed by atoms with Crippen LogP contribution in [-0.4, -0.2) is 17.8 Å². The monoisotopic (exact) mass is 276 g/mol. The molecule has 0 spiro atoms. The van der Waals surface area contributed by atoms with Gasteiger partial charge in [0.2, 0.25) is 0 Å². The fourth-order valence-electron chi connectivity index (χ4n) is 1.93. The highest BCUT2D eigenvalue weighted by Gasteiger charge is 2.05. The number of rotatable bonds is 7. The lowest BCUT2D eigenvalue weighted by Crippen LogP contribution is -2.12. The first kappa shape index (κ1) is 14.1. The largest absolute Gasteiger partial charge is 0.493 e. The smallest absolute Gasteiger partial charge is 0.119 e. The highest BCUT2D eigenvalue weighted by molar-refractivity contribution is 7.09. The van der Waals surface area contributed by atoms with E-state index >= 15 is 0 Å². The summed E-state index contributed by atoms with van der Waals surface area (Å²) in [7, 11) is 0. The van der Waals surface area contributed by atoms with Crippen LogP contribution in [0.5, 0.6) is 5.75 Å². The normalized spacial score (nSPS) is 12.3. The molecule has 0 saturated carbocycles. The Labute approximate surface area is 118 Å². The van der Waals surface area contributed by atoms with E-state index in [2.05, 4.69) is 11.4 Å². The first-order valence-electron chi connectivity index (χ1n) is 6.64. The Balaban J connectivity index is 1.65. The Kier molecular flexibility index (Phi) is 5.43. The van der Waals surface area contributed by atoms with E-state index in [1.165, 1.54) is 10.4 Å². The van der Waals surface area contributed by atoms with Gasteiger partial charge in [0, 0.05) is 11.3 Å². The molecule has 1 aromatic heterocycles. The van der Waals surface area contributed by atoms with Gasteiger partial charge in [-0.15, -0.1) is 11.3 Å². The van der Waals surface area contributed by atoms with Crippen LogP contribution in [-0.2, 0) is 6.42 Å². The zero-order chi connectivity index (χ0) is 13.5. The Morgan fingerprint density at radius 2 is 2.11 bits per heavy atom. The number of aliphatic hydroxyl groups is 1. The molecule has 1 atom stereocenters. The molecule has 1 heterocycles. The van der Waals surface area contributed by atoms with Crippen LogP contribution in [0, 0.1) is 6.92 Å². The summed E-state index contributed by atoms with van der Waals surface area (Å²) in [5.41, 5.74) is 1.19. The Morgan fingerprint density at radius 3 is 2.84 bits per heavy atom. The van der Waals surface area contributed by atoms with E-state index in [4.69, 9.17) is 4.74 Å². The highest BCUT2D eigenvalue weighted by Crippen LogP contribution is 2.15. The Hall–Kier alpha value is -1.32. The van der Waals surface area contributed by atoms with E-state index in [9.17, 15) is 5.11 Å². The number of hydrogen-bond acceptors (Lipinski definition) is 3. The Morgan fingerprint density at radius 1 is 1.21 bits per heavy atom. The van der Waals surface area contributed by atoms with Crippen LogP contribution in [0.2, 0.25) is 0 Å². The molecule has 2 rings (SSSR count). The van der Waals surface area contributed by atoms with E-state index in [0.29, 0.717) is 13.0 Å². The number of benzene rings is 1. The summed E-state index contributed by atoms with van der Waals surface area (Å²) in [6.07, 6.45) is 2.15. The van der Waals surface area contributed by atoms with Crippen molar-refractivity contribution in [3.63, 3.8) is 0 Å². The van der Waals surface area contributed by atoms with Crippen LogP contribution < -0.4 is 4.74 Å². The van der Waals surface area contributed by atoms with Crippen LogP contribution in [0.4, 0.5) is 0 Å². The fraction of sp³-hybridized carbons (Fsp3) is 0.375. The molecule has 0 radical (unpaired) electrons. The van der Waals surface area contributed by atoms with Crippen LogP contribution in [0.15, 0.2) is 41.8 Å². The Bertz CT molecular complexity index is 479. The van der Waals surface area contributed by atoms with E-state index in [1.54, 1.807) is 11.3 Å². The standard InChI is InChI=1S/C16H20O2S/c1-13-4-2-5-15(12-13)18-10-9-14(17)7-8-16-6-3-11-19-16/h2-6,11-12,14,17H,7-10H2,1H3. The van der Waals surface area contributed by atoms with Crippen molar-refractivity contribution in [2.45, 2.75) is 32.3 Å². The molecule has 1 unspecified atom stereocenters. The average Bonchev–Trinajstić information content (AvgIpc) is 2.89. The number of hydrogen-bond donors (Lipinski definition) is 1. The zero-order valence-electron chi connectivity index (χ0n) is 11.2. The van der Waals surface area contributed by atoms with E-state index in [0.717, 1.165) is 18.6 Å². The molecule has 1 N–H and O–H groups in total. The summed E-state index contributed by atoms with van der Waals surface area (Å²) in [5.74, 6) is 0.880. The van der Waals surface area contributed by atoms with Gasteiger partial charge in [-0.05, 0) is 48.9 Å². The molecule has 0 aliphatic rings. The molecule has 0 fully saturated rings. The molecule has 2 aromatic rings. The molecule has 102 valence electrons. The van der Waals surface area contributed by atoms with Crippen LogP contribution in [0.1, 0.15) is 23.3 Å². The van der Waals surface area contributed by atoms with Gasteiger partial charge >= 0.3 is 0 Å². The molecule has 19 heavy (non-hydrogen) atoms. The van der Waals surface area contributed by atoms with Crippen molar-refractivity contribution in [3.8, 4) is 5.75 Å². The molecular weight excluding hydrogens is 256 g/mol. The molecular formula is C16H20O2S. The number of aliphatic hydroxyl groups excluding tert-OH is 1. The molecule has 0 amide bonds. The van der Waals surface area contributed by atoms with E-state index < -0.39 is 0 Å². The quantitative estimate of drug-likeness (QED) is 0.833.